The number of hydrogen-bond donors (Lipinski definition) is 3. The minimum absolute atomic E-state index is 0.00504. The number of carbonyl (C=O) groups excluding carboxylic acids is 1. The van der Waals surface area contributed by atoms with Crippen molar-refractivity contribution in [2.24, 2.45) is 0 Å². The summed E-state index contributed by atoms with van der Waals surface area (Å²) >= 11 is 0. The molecule has 1 fully saturated rings. The maximum atomic E-state index is 12.5. The first-order valence-electron chi connectivity index (χ1n) is 8.47. The van der Waals surface area contributed by atoms with Gasteiger partial charge in [-0.05, 0) is 18.4 Å². The molecule has 0 radical (unpaired) electrons. The summed E-state index contributed by atoms with van der Waals surface area (Å²) in [4.78, 5) is 38.7. The van der Waals surface area contributed by atoms with Crippen molar-refractivity contribution in [3.63, 3.8) is 0 Å². The minimum atomic E-state index is -0.875. The van der Waals surface area contributed by atoms with Crippen LogP contribution in [0.25, 0.3) is 0 Å². The molecular weight excluding hydrogens is 322 g/mol. The highest BCUT2D eigenvalue weighted by Gasteiger charge is 2.24. The molecule has 0 atom stereocenters. The summed E-state index contributed by atoms with van der Waals surface area (Å²) in [5.41, 5.74) is -1.27. The lowest BCUT2D eigenvalue weighted by Gasteiger charge is -2.22. The Bertz CT molecular complexity index is 864. The summed E-state index contributed by atoms with van der Waals surface area (Å²) in [5, 5.41) is 13.2. The van der Waals surface area contributed by atoms with Crippen molar-refractivity contribution in [2.75, 3.05) is 0 Å². The second kappa shape index (κ2) is 7.38. The summed E-state index contributed by atoms with van der Waals surface area (Å²) in [6, 6.07) is 9.02. The lowest BCUT2D eigenvalue weighted by Crippen LogP contribution is -2.41. The zero-order valence-corrected chi connectivity index (χ0v) is 13.8. The van der Waals surface area contributed by atoms with E-state index in [1.807, 2.05) is 6.07 Å². The number of H-pyrrole nitrogens is 1. The topological polar surface area (TPSA) is 104 Å². The van der Waals surface area contributed by atoms with Gasteiger partial charge in [0, 0.05) is 6.04 Å². The SMILES string of the molecule is O=C(NC1CCCCC1)c1c(O)n(Cc2ccccc2)c(=O)[nH]c1=O. The second-order valence-electron chi connectivity index (χ2n) is 6.34. The Morgan fingerprint density at radius 3 is 2.52 bits per heavy atom. The molecule has 3 N–H and O–H groups in total. The summed E-state index contributed by atoms with van der Waals surface area (Å²) in [6.07, 6.45) is 4.91. The molecule has 1 aromatic carbocycles. The van der Waals surface area contributed by atoms with Crippen molar-refractivity contribution in [1.82, 2.24) is 14.9 Å². The van der Waals surface area contributed by atoms with Gasteiger partial charge in [-0.2, -0.15) is 0 Å². The number of nitrogens with zero attached hydrogens (tertiary/aromatic N) is 1. The Morgan fingerprint density at radius 2 is 1.84 bits per heavy atom. The van der Waals surface area contributed by atoms with E-state index in [1.54, 1.807) is 24.3 Å². The van der Waals surface area contributed by atoms with Gasteiger partial charge in [-0.1, -0.05) is 49.6 Å². The first kappa shape index (κ1) is 17.0. The third-order valence-electron chi connectivity index (χ3n) is 4.52. The molecular formula is C18H21N3O4. The monoisotopic (exact) mass is 343 g/mol. The fourth-order valence-corrected chi connectivity index (χ4v) is 3.18. The van der Waals surface area contributed by atoms with E-state index in [1.165, 1.54) is 0 Å². The van der Waals surface area contributed by atoms with E-state index in [-0.39, 0.29) is 12.6 Å². The summed E-state index contributed by atoms with van der Waals surface area (Å²) in [5.74, 6) is -1.25. The summed E-state index contributed by atoms with van der Waals surface area (Å²) in [7, 11) is 0. The van der Waals surface area contributed by atoms with E-state index in [0.717, 1.165) is 42.2 Å². The predicted octanol–water partition coefficient (Wildman–Crippen LogP) is 1.35. The summed E-state index contributed by atoms with van der Waals surface area (Å²) < 4.78 is 0.993. The third kappa shape index (κ3) is 3.81. The lowest BCUT2D eigenvalue weighted by molar-refractivity contribution is 0.0921. The van der Waals surface area contributed by atoms with Crippen LogP contribution in [0.2, 0.25) is 0 Å². The fourth-order valence-electron chi connectivity index (χ4n) is 3.18. The quantitative estimate of drug-likeness (QED) is 0.779. The first-order valence-corrected chi connectivity index (χ1v) is 8.47. The van der Waals surface area contributed by atoms with Crippen molar-refractivity contribution in [1.29, 1.82) is 0 Å². The minimum Gasteiger partial charge on any atom is -0.494 e. The number of nitrogens with one attached hydrogen (secondary N) is 2. The van der Waals surface area contributed by atoms with Crippen LogP contribution in [0, 0.1) is 0 Å². The van der Waals surface area contributed by atoms with Gasteiger partial charge in [0.1, 0.15) is 0 Å². The van der Waals surface area contributed by atoms with Gasteiger partial charge in [-0.3, -0.25) is 19.1 Å². The van der Waals surface area contributed by atoms with Gasteiger partial charge in [-0.25, -0.2) is 4.79 Å². The van der Waals surface area contributed by atoms with Gasteiger partial charge in [-0.15, -0.1) is 0 Å². The highest BCUT2D eigenvalue weighted by atomic mass is 16.3. The Hall–Kier alpha value is -2.83. The van der Waals surface area contributed by atoms with Crippen LogP contribution >= 0.6 is 0 Å². The van der Waals surface area contributed by atoms with E-state index < -0.39 is 28.6 Å². The van der Waals surface area contributed by atoms with Crippen LogP contribution < -0.4 is 16.6 Å². The van der Waals surface area contributed by atoms with Crippen LogP contribution in [-0.2, 0) is 6.54 Å². The number of carbonyl (C=O) groups is 1. The molecule has 0 aliphatic heterocycles. The number of aromatic hydroxyl groups is 1. The lowest BCUT2D eigenvalue weighted by atomic mass is 9.95. The van der Waals surface area contributed by atoms with Crippen LogP contribution in [0.1, 0.15) is 48.0 Å². The smallest absolute Gasteiger partial charge is 0.331 e. The third-order valence-corrected chi connectivity index (χ3v) is 4.52. The van der Waals surface area contributed by atoms with E-state index in [4.69, 9.17) is 0 Å². The van der Waals surface area contributed by atoms with Gasteiger partial charge in [0.25, 0.3) is 11.5 Å². The molecule has 0 spiro atoms. The highest BCUT2D eigenvalue weighted by Crippen LogP contribution is 2.19. The normalized spacial score (nSPS) is 15.0. The maximum Gasteiger partial charge on any atom is 0.331 e. The largest absolute Gasteiger partial charge is 0.494 e. The van der Waals surface area contributed by atoms with Crippen molar-refractivity contribution < 1.29 is 9.90 Å². The summed E-state index contributed by atoms with van der Waals surface area (Å²) in [6.45, 7) is 0.0615. The molecule has 7 nitrogen and oxygen atoms in total. The molecule has 7 heteroatoms. The average molecular weight is 343 g/mol. The van der Waals surface area contributed by atoms with Gasteiger partial charge in [0.05, 0.1) is 6.54 Å². The van der Waals surface area contributed by atoms with E-state index in [2.05, 4.69) is 10.3 Å². The highest BCUT2D eigenvalue weighted by molar-refractivity contribution is 5.96. The van der Waals surface area contributed by atoms with Crippen LogP contribution in [0.15, 0.2) is 39.9 Å². The number of aromatic nitrogens is 2. The number of rotatable bonds is 4. The van der Waals surface area contributed by atoms with Crippen LogP contribution in [0.4, 0.5) is 0 Å². The number of benzene rings is 1. The molecule has 0 unspecified atom stereocenters. The molecule has 1 aliphatic carbocycles. The molecule has 1 heterocycles. The molecule has 1 saturated carbocycles. The van der Waals surface area contributed by atoms with Crippen molar-refractivity contribution in [3.8, 4) is 5.88 Å². The van der Waals surface area contributed by atoms with Crippen LogP contribution in [0.3, 0.4) is 0 Å². The molecule has 0 bridgehead atoms. The fraction of sp³-hybridized carbons (Fsp3) is 0.389. The molecule has 1 aromatic heterocycles. The number of aromatic amines is 1. The van der Waals surface area contributed by atoms with Crippen LogP contribution in [0.5, 0.6) is 5.88 Å². The molecule has 1 amide bonds. The predicted molar refractivity (Wildman–Crippen MR) is 92.9 cm³/mol. The zero-order chi connectivity index (χ0) is 17.8. The van der Waals surface area contributed by atoms with Crippen LogP contribution in [-0.4, -0.2) is 26.6 Å². The van der Waals surface area contributed by atoms with Crippen molar-refractivity contribution in [3.05, 3.63) is 62.3 Å². The second-order valence-corrected chi connectivity index (χ2v) is 6.34. The molecule has 1 aliphatic rings. The molecule has 0 saturated heterocycles. The average Bonchev–Trinajstić information content (AvgIpc) is 2.60. The van der Waals surface area contributed by atoms with E-state index in [0.29, 0.717) is 0 Å². The Labute approximate surface area is 144 Å². The molecule has 2 aromatic rings. The maximum absolute atomic E-state index is 12.5. The number of hydrogen-bond acceptors (Lipinski definition) is 4. The molecule has 3 rings (SSSR count). The molecule has 25 heavy (non-hydrogen) atoms. The van der Waals surface area contributed by atoms with Crippen molar-refractivity contribution in [2.45, 2.75) is 44.7 Å². The Morgan fingerprint density at radius 1 is 1.16 bits per heavy atom. The van der Waals surface area contributed by atoms with Crippen molar-refractivity contribution >= 4 is 5.91 Å². The Balaban J connectivity index is 1.91. The Kier molecular flexibility index (Phi) is 5.02. The van der Waals surface area contributed by atoms with Gasteiger partial charge >= 0.3 is 5.69 Å². The van der Waals surface area contributed by atoms with E-state index in [9.17, 15) is 19.5 Å². The zero-order valence-electron chi connectivity index (χ0n) is 13.8. The number of amides is 1. The van der Waals surface area contributed by atoms with Gasteiger partial charge < -0.3 is 10.4 Å². The van der Waals surface area contributed by atoms with Gasteiger partial charge in [0.15, 0.2) is 5.56 Å². The van der Waals surface area contributed by atoms with Gasteiger partial charge in [0.2, 0.25) is 5.88 Å². The standard InChI is InChI=1S/C18H21N3O4/c22-15(19-13-9-5-2-6-10-13)14-16(23)20-18(25)21(17(14)24)11-12-7-3-1-4-8-12/h1,3-4,7-8,13,24H,2,5-6,9-11H2,(H,19,22)(H,20,23,25). The first-order chi connectivity index (χ1) is 12.1. The van der Waals surface area contributed by atoms with E-state index >= 15 is 0 Å². The molecule has 132 valence electrons.